The van der Waals surface area contributed by atoms with E-state index in [2.05, 4.69) is 0 Å². The van der Waals surface area contributed by atoms with Gasteiger partial charge in [0.2, 0.25) is 0 Å². The topological polar surface area (TPSA) is 35.2 Å². The number of hydrogen-bond acceptors (Lipinski definition) is 2. The molecule has 0 bridgehead atoms. The Bertz CT molecular complexity index is 601. The standard InChI is InChI=1S/C12H7Cl4NO/c13-6-2-1-3-10(12(6)16)18-11-5-8(15)7(14)4-9(11)17/h1-5H,17H2. The van der Waals surface area contributed by atoms with Crippen molar-refractivity contribution in [2.45, 2.75) is 0 Å². The minimum absolute atomic E-state index is 0.310. The van der Waals surface area contributed by atoms with Gasteiger partial charge in [-0.05, 0) is 18.2 Å². The van der Waals surface area contributed by atoms with Gasteiger partial charge in [-0.2, -0.15) is 0 Å². The highest BCUT2D eigenvalue weighted by molar-refractivity contribution is 6.43. The van der Waals surface area contributed by atoms with Crippen LogP contribution in [0.25, 0.3) is 0 Å². The van der Waals surface area contributed by atoms with E-state index >= 15 is 0 Å². The number of halogens is 4. The number of anilines is 1. The third-order valence-corrected chi connectivity index (χ3v) is 3.71. The van der Waals surface area contributed by atoms with E-state index in [0.29, 0.717) is 37.3 Å². The molecule has 0 aliphatic rings. The Kier molecular flexibility index (Phi) is 4.13. The molecule has 0 saturated carbocycles. The van der Waals surface area contributed by atoms with Crippen molar-refractivity contribution in [2.24, 2.45) is 0 Å². The molecule has 0 saturated heterocycles. The van der Waals surface area contributed by atoms with Gasteiger partial charge in [0, 0.05) is 6.07 Å². The molecule has 2 N–H and O–H groups in total. The van der Waals surface area contributed by atoms with E-state index in [9.17, 15) is 0 Å². The first-order valence-electron chi connectivity index (χ1n) is 4.85. The molecule has 6 heteroatoms. The summed E-state index contributed by atoms with van der Waals surface area (Å²) in [6, 6.07) is 8.09. The van der Waals surface area contributed by atoms with Gasteiger partial charge in [0.15, 0.2) is 5.75 Å². The van der Waals surface area contributed by atoms with E-state index in [1.165, 1.54) is 12.1 Å². The summed E-state index contributed by atoms with van der Waals surface area (Å²) in [6.45, 7) is 0. The summed E-state index contributed by atoms with van der Waals surface area (Å²) in [7, 11) is 0. The first kappa shape index (κ1) is 13.6. The average molecular weight is 323 g/mol. The zero-order valence-electron chi connectivity index (χ0n) is 8.88. The van der Waals surface area contributed by atoms with Gasteiger partial charge in [-0.15, -0.1) is 0 Å². The van der Waals surface area contributed by atoms with Crippen LogP contribution >= 0.6 is 46.4 Å². The quantitative estimate of drug-likeness (QED) is 0.722. The SMILES string of the molecule is Nc1cc(Cl)c(Cl)cc1Oc1cccc(Cl)c1Cl. The van der Waals surface area contributed by atoms with E-state index < -0.39 is 0 Å². The van der Waals surface area contributed by atoms with Crippen molar-refractivity contribution >= 4 is 52.1 Å². The molecule has 0 aliphatic heterocycles. The van der Waals surface area contributed by atoms with Gasteiger partial charge < -0.3 is 10.5 Å². The third kappa shape index (κ3) is 2.78. The summed E-state index contributed by atoms with van der Waals surface area (Å²) in [5.41, 5.74) is 6.14. The lowest BCUT2D eigenvalue weighted by atomic mass is 10.3. The second kappa shape index (κ2) is 5.45. The molecule has 0 fully saturated rings. The molecule has 0 spiro atoms. The van der Waals surface area contributed by atoms with Gasteiger partial charge in [-0.1, -0.05) is 52.5 Å². The summed E-state index contributed by atoms with van der Waals surface area (Å²) < 4.78 is 5.57. The summed E-state index contributed by atoms with van der Waals surface area (Å²) in [5, 5.41) is 1.41. The van der Waals surface area contributed by atoms with Gasteiger partial charge in [0.05, 0.1) is 20.8 Å². The molecule has 0 radical (unpaired) electrons. The molecule has 2 rings (SSSR count). The molecular formula is C12H7Cl4NO. The van der Waals surface area contributed by atoms with Gasteiger partial charge in [-0.3, -0.25) is 0 Å². The molecule has 2 nitrogen and oxygen atoms in total. The van der Waals surface area contributed by atoms with Crippen LogP contribution in [0.4, 0.5) is 5.69 Å². The number of nitrogens with two attached hydrogens (primary N) is 1. The molecule has 0 unspecified atom stereocenters. The number of benzene rings is 2. The van der Waals surface area contributed by atoms with Crippen LogP contribution in [0.2, 0.25) is 20.1 Å². The van der Waals surface area contributed by atoms with Crippen LogP contribution in [0.15, 0.2) is 30.3 Å². The molecule has 0 aromatic heterocycles. The number of rotatable bonds is 2. The van der Waals surface area contributed by atoms with Crippen molar-refractivity contribution in [2.75, 3.05) is 5.73 Å². The molecule has 94 valence electrons. The van der Waals surface area contributed by atoms with Gasteiger partial charge in [-0.25, -0.2) is 0 Å². The van der Waals surface area contributed by atoms with Crippen LogP contribution in [0.3, 0.4) is 0 Å². The van der Waals surface area contributed by atoms with E-state index in [1.54, 1.807) is 18.2 Å². The Labute approximate surface area is 124 Å². The van der Waals surface area contributed by atoms with E-state index in [-0.39, 0.29) is 0 Å². The Hall–Kier alpha value is -0.800. The second-order valence-corrected chi connectivity index (χ2v) is 5.06. The van der Waals surface area contributed by atoms with Crippen molar-refractivity contribution in [3.8, 4) is 11.5 Å². The largest absolute Gasteiger partial charge is 0.454 e. The van der Waals surface area contributed by atoms with E-state index in [1.807, 2.05) is 0 Å². The lowest BCUT2D eigenvalue weighted by Crippen LogP contribution is -1.93. The van der Waals surface area contributed by atoms with E-state index in [0.717, 1.165) is 0 Å². The second-order valence-electron chi connectivity index (χ2n) is 3.46. The molecule has 2 aromatic carbocycles. The molecule has 18 heavy (non-hydrogen) atoms. The Morgan fingerprint density at radius 1 is 0.833 bits per heavy atom. The fraction of sp³-hybridized carbons (Fsp3) is 0. The van der Waals surface area contributed by atoms with Crippen LogP contribution in [-0.2, 0) is 0 Å². The molecule has 0 atom stereocenters. The summed E-state index contributed by atoms with van der Waals surface area (Å²) in [6.07, 6.45) is 0. The highest BCUT2D eigenvalue weighted by Crippen LogP contribution is 2.39. The molecule has 2 aromatic rings. The minimum Gasteiger partial charge on any atom is -0.454 e. The van der Waals surface area contributed by atoms with Crippen molar-refractivity contribution in [3.63, 3.8) is 0 Å². The van der Waals surface area contributed by atoms with Gasteiger partial charge >= 0.3 is 0 Å². The van der Waals surface area contributed by atoms with Crippen molar-refractivity contribution in [1.82, 2.24) is 0 Å². The average Bonchev–Trinajstić information content (AvgIpc) is 2.32. The third-order valence-electron chi connectivity index (χ3n) is 2.19. The molecule has 0 amide bonds. The Morgan fingerprint density at radius 2 is 1.50 bits per heavy atom. The highest BCUT2D eigenvalue weighted by atomic mass is 35.5. The summed E-state index contributed by atoms with van der Waals surface area (Å²) in [4.78, 5) is 0. The fourth-order valence-corrected chi connectivity index (χ4v) is 1.97. The zero-order chi connectivity index (χ0) is 13.3. The van der Waals surface area contributed by atoms with Crippen LogP contribution < -0.4 is 10.5 Å². The minimum atomic E-state index is 0.310. The van der Waals surface area contributed by atoms with Gasteiger partial charge in [0.25, 0.3) is 0 Å². The maximum absolute atomic E-state index is 6.01. The summed E-state index contributed by atoms with van der Waals surface area (Å²) in [5.74, 6) is 0.767. The number of ether oxygens (including phenoxy) is 1. The maximum Gasteiger partial charge on any atom is 0.151 e. The molecular weight excluding hydrogens is 316 g/mol. The van der Waals surface area contributed by atoms with Crippen molar-refractivity contribution in [3.05, 3.63) is 50.4 Å². The lowest BCUT2D eigenvalue weighted by Gasteiger charge is -2.11. The predicted octanol–water partition coefficient (Wildman–Crippen LogP) is 5.67. The Balaban J connectivity index is 2.40. The maximum atomic E-state index is 6.01. The normalized spacial score (nSPS) is 10.4. The monoisotopic (exact) mass is 321 g/mol. The van der Waals surface area contributed by atoms with Gasteiger partial charge in [0.1, 0.15) is 10.8 Å². The lowest BCUT2D eigenvalue weighted by molar-refractivity contribution is 0.485. The van der Waals surface area contributed by atoms with Crippen LogP contribution in [0.5, 0.6) is 11.5 Å². The fourth-order valence-electron chi connectivity index (χ4n) is 1.31. The number of hydrogen-bond donors (Lipinski definition) is 1. The van der Waals surface area contributed by atoms with Crippen LogP contribution in [-0.4, -0.2) is 0 Å². The molecule has 0 aliphatic carbocycles. The Morgan fingerprint density at radius 3 is 2.22 bits per heavy atom. The van der Waals surface area contributed by atoms with Crippen molar-refractivity contribution in [1.29, 1.82) is 0 Å². The van der Waals surface area contributed by atoms with Crippen molar-refractivity contribution < 1.29 is 4.74 Å². The molecule has 0 heterocycles. The van der Waals surface area contributed by atoms with Crippen LogP contribution in [0.1, 0.15) is 0 Å². The van der Waals surface area contributed by atoms with E-state index in [4.69, 9.17) is 56.9 Å². The van der Waals surface area contributed by atoms with Crippen LogP contribution in [0, 0.1) is 0 Å². The first-order chi connectivity index (χ1) is 8.49. The summed E-state index contributed by atoms with van der Waals surface area (Å²) >= 11 is 23.6. The predicted molar refractivity (Wildman–Crippen MR) is 77.4 cm³/mol. The number of nitrogen functional groups attached to an aromatic ring is 1. The first-order valence-corrected chi connectivity index (χ1v) is 6.36. The highest BCUT2D eigenvalue weighted by Gasteiger charge is 2.11. The zero-order valence-corrected chi connectivity index (χ0v) is 11.9. The smallest absolute Gasteiger partial charge is 0.151 e.